The van der Waals surface area contributed by atoms with Crippen molar-refractivity contribution in [2.24, 2.45) is 5.73 Å². The third-order valence-corrected chi connectivity index (χ3v) is 5.50. The van der Waals surface area contributed by atoms with E-state index in [4.69, 9.17) is 17.3 Å². The predicted octanol–water partition coefficient (Wildman–Crippen LogP) is 2.92. The van der Waals surface area contributed by atoms with Gasteiger partial charge >= 0.3 is 0 Å². The average molecular weight is 422 g/mol. The predicted molar refractivity (Wildman–Crippen MR) is 89.3 cm³/mol. The lowest BCUT2D eigenvalue weighted by molar-refractivity contribution is -0.116. The number of hydrogen-bond acceptors (Lipinski definition) is 3. The molecule has 122 valence electrons. The molecule has 1 amide bonds. The normalized spacial score (nSPS) is 11.3. The summed E-state index contributed by atoms with van der Waals surface area (Å²) in [6.07, 6.45) is 0. The molecule has 2 aromatic carbocycles. The molecule has 0 saturated carbocycles. The van der Waals surface area contributed by atoms with E-state index in [2.05, 4.69) is 15.9 Å². The lowest BCUT2D eigenvalue weighted by Crippen LogP contribution is -2.38. The Morgan fingerprint density at radius 1 is 1.22 bits per heavy atom. The number of primary amides is 1. The number of hydrogen-bond donors (Lipinski definition) is 1. The molecule has 0 aliphatic rings. The number of carbonyl (C=O) groups excluding carboxylic acids is 1. The van der Waals surface area contributed by atoms with Gasteiger partial charge in [0.2, 0.25) is 5.91 Å². The fraction of sp³-hybridized carbons (Fsp3) is 0.0714. The van der Waals surface area contributed by atoms with E-state index in [1.54, 1.807) is 12.1 Å². The Morgan fingerprint density at radius 2 is 1.83 bits per heavy atom. The summed E-state index contributed by atoms with van der Waals surface area (Å²) in [5.74, 6) is -1.55. The highest BCUT2D eigenvalue weighted by atomic mass is 79.9. The van der Waals surface area contributed by atoms with Crippen LogP contribution in [0.3, 0.4) is 0 Å². The standard InChI is InChI=1S/C14H11BrClFN2O3S/c15-9-1-4-11(5-2-9)23(21,22)19(8-14(18)20)10-3-6-13(17)12(16)7-10/h1-7H,8H2,(H2,18,20). The van der Waals surface area contributed by atoms with Crippen molar-refractivity contribution in [3.8, 4) is 0 Å². The third-order valence-electron chi connectivity index (χ3n) is 2.89. The summed E-state index contributed by atoms with van der Waals surface area (Å²) < 4.78 is 40.3. The lowest BCUT2D eigenvalue weighted by atomic mass is 10.3. The Kier molecular flexibility index (Phi) is 5.28. The van der Waals surface area contributed by atoms with Crippen LogP contribution in [0.2, 0.25) is 5.02 Å². The van der Waals surface area contributed by atoms with Crippen molar-refractivity contribution < 1.29 is 17.6 Å². The lowest BCUT2D eigenvalue weighted by Gasteiger charge is -2.23. The molecule has 2 aromatic rings. The summed E-state index contributed by atoms with van der Waals surface area (Å²) in [5.41, 5.74) is 5.18. The van der Waals surface area contributed by atoms with Crippen LogP contribution in [-0.4, -0.2) is 20.9 Å². The van der Waals surface area contributed by atoms with Crippen LogP contribution in [0.15, 0.2) is 51.8 Å². The van der Waals surface area contributed by atoms with Crippen LogP contribution in [0, 0.1) is 5.82 Å². The average Bonchev–Trinajstić information content (AvgIpc) is 2.48. The molecular weight excluding hydrogens is 411 g/mol. The second kappa shape index (κ2) is 6.86. The number of sulfonamides is 1. The van der Waals surface area contributed by atoms with Gasteiger partial charge in [0.05, 0.1) is 15.6 Å². The molecular formula is C14H11BrClFN2O3S. The van der Waals surface area contributed by atoms with E-state index in [9.17, 15) is 17.6 Å². The number of benzene rings is 2. The topological polar surface area (TPSA) is 80.5 Å². The molecule has 0 spiro atoms. The summed E-state index contributed by atoms with van der Waals surface area (Å²) in [6, 6.07) is 9.19. The van der Waals surface area contributed by atoms with Gasteiger partial charge in [0.25, 0.3) is 10.0 Å². The number of halogens is 3. The number of anilines is 1. The Labute approximate surface area is 146 Å². The van der Waals surface area contributed by atoms with Crippen molar-refractivity contribution in [1.82, 2.24) is 0 Å². The summed E-state index contributed by atoms with van der Waals surface area (Å²) in [5, 5.41) is -0.261. The largest absolute Gasteiger partial charge is 0.368 e. The van der Waals surface area contributed by atoms with Crippen molar-refractivity contribution in [2.75, 3.05) is 10.8 Å². The number of amides is 1. The van der Waals surface area contributed by atoms with E-state index >= 15 is 0 Å². The zero-order chi connectivity index (χ0) is 17.2. The molecule has 0 aromatic heterocycles. The number of carbonyl (C=O) groups is 1. The summed E-state index contributed by atoms with van der Waals surface area (Å²) in [7, 11) is -4.06. The van der Waals surface area contributed by atoms with Crippen LogP contribution in [-0.2, 0) is 14.8 Å². The van der Waals surface area contributed by atoms with Crippen LogP contribution in [0.4, 0.5) is 10.1 Å². The maximum atomic E-state index is 13.3. The molecule has 0 heterocycles. The van der Waals surface area contributed by atoms with Gasteiger partial charge in [-0.2, -0.15) is 0 Å². The van der Waals surface area contributed by atoms with Gasteiger partial charge in [-0.05, 0) is 42.5 Å². The van der Waals surface area contributed by atoms with Crippen molar-refractivity contribution in [1.29, 1.82) is 0 Å². The van der Waals surface area contributed by atoms with E-state index in [-0.39, 0.29) is 15.6 Å². The second-order valence-electron chi connectivity index (χ2n) is 4.53. The first-order valence-corrected chi connectivity index (χ1v) is 8.84. The first-order chi connectivity index (χ1) is 10.7. The minimum Gasteiger partial charge on any atom is -0.368 e. The molecule has 0 bridgehead atoms. The van der Waals surface area contributed by atoms with Gasteiger partial charge < -0.3 is 5.73 Å². The molecule has 0 radical (unpaired) electrons. The molecule has 0 aliphatic heterocycles. The number of nitrogens with zero attached hydrogens (tertiary/aromatic N) is 1. The molecule has 2 N–H and O–H groups in total. The Morgan fingerprint density at radius 3 is 2.35 bits per heavy atom. The Balaban J connectivity index is 2.55. The van der Waals surface area contributed by atoms with Crippen LogP contribution in [0.25, 0.3) is 0 Å². The monoisotopic (exact) mass is 420 g/mol. The fourth-order valence-electron chi connectivity index (χ4n) is 1.83. The van der Waals surface area contributed by atoms with E-state index in [1.807, 2.05) is 0 Å². The van der Waals surface area contributed by atoms with Crippen LogP contribution in [0.1, 0.15) is 0 Å². The molecule has 9 heteroatoms. The molecule has 2 rings (SSSR count). The fourth-order valence-corrected chi connectivity index (χ4v) is 3.69. The van der Waals surface area contributed by atoms with Gasteiger partial charge in [0.15, 0.2) is 0 Å². The molecule has 0 atom stereocenters. The van der Waals surface area contributed by atoms with Crippen molar-refractivity contribution >= 4 is 49.1 Å². The summed E-state index contributed by atoms with van der Waals surface area (Å²) in [4.78, 5) is 11.2. The molecule has 0 unspecified atom stereocenters. The van der Waals surface area contributed by atoms with Crippen LogP contribution in [0.5, 0.6) is 0 Å². The molecule has 0 saturated heterocycles. The van der Waals surface area contributed by atoms with Crippen molar-refractivity contribution in [3.63, 3.8) is 0 Å². The zero-order valence-corrected chi connectivity index (χ0v) is 14.7. The van der Waals surface area contributed by atoms with E-state index in [0.29, 0.717) is 4.47 Å². The minimum atomic E-state index is -4.06. The van der Waals surface area contributed by atoms with E-state index in [0.717, 1.165) is 16.4 Å². The van der Waals surface area contributed by atoms with Crippen LogP contribution < -0.4 is 10.0 Å². The van der Waals surface area contributed by atoms with E-state index in [1.165, 1.54) is 18.2 Å². The Bertz CT molecular complexity index is 844. The minimum absolute atomic E-state index is 0.0394. The van der Waals surface area contributed by atoms with Gasteiger partial charge in [-0.15, -0.1) is 0 Å². The maximum absolute atomic E-state index is 13.3. The number of rotatable bonds is 5. The molecule has 0 fully saturated rings. The van der Waals surface area contributed by atoms with Gasteiger partial charge in [0.1, 0.15) is 12.4 Å². The Hall–Kier alpha value is -1.64. The first kappa shape index (κ1) is 17.7. The smallest absolute Gasteiger partial charge is 0.264 e. The summed E-state index contributed by atoms with van der Waals surface area (Å²) >= 11 is 8.90. The highest BCUT2D eigenvalue weighted by Crippen LogP contribution is 2.28. The van der Waals surface area contributed by atoms with Crippen molar-refractivity contribution in [3.05, 3.63) is 57.8 Å². The highest BCUT2D eigenvalue weighted by molar-refractivity contribution is 9.10. The molecule has 0 aliphatic carbocycles. The van der Waals surface area contributed by atoms with Gasteiger partial charge in [-0.25, -0.2) is 12.8 Å². The zero-order valence-electron chi connectivity index (χ0n) is 11.5. The molecule has 23 heavy (non-hydrogen) atoms. The van der Waals surface area contributed by atoms with Crippen molar-refractivity contribution in [2.45, 2.75) is 4.90 Å². The third kappa shape index (κ3) is 4.01. The van der Waals surface area contributed by atoms with Gasteiger partial charge in [-0.1, -0.05) is 27.5 Å². The first-order valence-electron chi connectivity index (χ1n) is 6.23. The van der Waals surface area contributed by atoms with E-state index < -0.39 is 28.3 Å². The molecule has 5 nitrogen and oxygen atoms in total. The quantitative estimate of drug-likeness (QED) is 0.806. The second-order valence-corrected chi connectivity index (χ2v) is 7.72. The number of nitrogens with two attached hydrogens (primary N) is 1. The van der Waals surface area contributed by atoms with Gasteiger partial charge in [0, 0.05) is 4.47 Å². The maximum Gasteiger partial charge on any atom is 0.264 e. The SMILES string of the molecule is NC(=O)CN(c1ccc(F)c(Cl)c1)S(=O)(=O)c1ccc(Br)cc1. The van der Waals surface area contributed by atoms with Gasteiger partial charge in [-0.3, -0.25) is 9.10 Å². The summed E-state index contributed by atoms with van der Waals surface area (Å²) in [6.45, 7) is -0.597. The van der Waals surface area contributed by atoms with Crippen LogP contribution >= 0.6 is 27.5 Å². The highest BCUT2D eigenvalue weighted by Gasteiger charge is 2.27.